The lowest BCUT2D eigenvalue weighted by atomic mass is 10.1. The largest absolute Gasteiger partial charge is 0.481 e. The molecule has 0 aliphatic carbocycles. The summed E-state index contributed by atoms with van der Waals surface area (Å²) in [5, 5.41) is 9.05. The summed E-state index contributed by atoms with van der Waals surface area (Å²) in [6.45, 7) is 1.66. The van der Waals surface area contributed by atoms with Gasteiger partial charge >= 0.3 is 15.6 Å². The molecule has 0 aromatic rings. The number of aliphatic hydroxyl groups excluding tert-OH is 1. The number of aliphatic hydroxyl groups is 1. The lowest BCUT2D eigenvalue weighted by molar-refractivity contribution is 0.175. The molecule has 0 radical (unpaired) electrons. The predicted molar refractivity (Wildman–Crippen MR) is 72.9 cm³/mol. The van der Waals surface area contributed by atoms with Gasteiger partial charge in [-0.15, -0.1) is 0 Å². The van der Waals surface area contributed by atoms with Gasteiger partial charge in [-0.2, -0.15) is 4.31 Å². The molecule has 8 nitrogen and oxygen atoms in total. The Morgan fingerprint density at radius 1 is 0.950 bits per heavy atom. The number of unbranched alkanes of at least 4 members (excludes halogenated alkanes) is 5. The van der Waals surface area contributed by atoms with Gasteiger partial charge in [0.1, 0.15) is 0 Å². The average Bonchev–Trinajstić information content (AvgIpc) is 2.22. The van der Waals surface area contributed by atoms with E-state index in [2.05, 4.69) is 8.83 Å². The average molecular weight is 334 g/mol. The molecular formula is C10H24O8P2. The van der Waals surface area contributed by atoms with E-state index in [1.807, 2.05) is 0 Å². The van der Waals surface area contributed by atoms with Gasteiger partial charge < -0.3 is 19.8 Å². The minimum absolute atomic E-state index is 0.0958. The van der Waals surface area contributed by atoms with Crippen molar-refractivity contribution in [1.82, 2.24) is 0 Å². The number of rotatable bonds is 12. The van der Waals surface area contributed by atoms with Crippen molar-refractivity contribution in [3.63, 3.8) is 0 Å². The highest BCUT2D eigenvalue weighted by molar-refractivity contribution is 7.60. The Hall–Kier alpha value is 0.220. The number of hydrogen-bond donors (Lipinski definition) is 4. The molecule has 122 valence electrons. The summed E-state index contributed by atoms with van der Waals surface area (Å²) in [5.41, 5.74) is 0. The van der Waals surface area contributed by atoms with E-state index >= 15 is 0 Å². The molecule has 0 amide bonds. The second-order valence-corrected chi connectivity index (χ2v) is 7.46. The lowest BCUT2D eigenvalue weighted by Crippen LogP contribution is -1.98. The summed E-state index contributed by atoms with van der Waals surface area (Å²) < 4.78 is 29.5. The number of phosphoric ester groups is 1. The Kier molecular flexibility index (Phi) is 10.1. The minimum Gasteiger partial charge on any atom is -0.393 e. The SMILES string of the molecule is CC(O)CCCCCCCCOP(=O)(O)OP(=O)(O)O. The molecule has 0 aliphatic rings. The molecule has 0 saturated heterocycles. The Bertz CT molecular complexity index is 340. The Balaban J connectivity index is 3.48. The molecule has 0 rings (SSSR count). The van der Waals surface area contributed by atoms with E-state index in [-0.39, 0.29) is 12.7 Å². The zero-order valence-corrected chi connectivity index (χ0v) is 13.3. The first-order chi connectivity index (χ1) is 9.12. The third-order valence-electron chi connectivity index (χ3n) is 2.48. The molecule has 0 spiro atoms. The van der Waals surface area contributed by atoms with Crippen LogP contribution in [-0.2, 0) is 18.0 Å². The first-order valence-corrected chi connectivity index (χ1v) is 9.57. The minimum atomic E-state index is -5.03. The van der Waals surface area contributed by atoms with Gasteiger partial charge in [-0.05, 0) is 19.8 Å². The van der Waals surface area contributed by atoms with Crippen LogP contribution in [0.3, 0.4) is 0 Å². The molecule has 2 atom stereocenters. The van der Waals surface area contributed by atoms with Crippen molar-refractivity contribution < 1.29 is 37.8 Å². The zero-order valence-electron chi connectivity index (χ0n) is 11.6. The van der Waals surface area contributed by atoms with Gasteiger partial charge in [-0.1, -0.05) is 32.1 Å². The highest BCUT2D eigenvalue weighted by atomic mass is 31.3. The van der Waals surface area contributed by atoms with Crippen molar-refractivity contribution >= 4 is 15.6 Å². The van der Waals surface area contributed by atoms with Crippen LogP contribution in [0.4, 0.5) is 0 Å². The van der Waals surface area contributed by atoms with Gasteiger partial charge in [0.2, 0.25) is 0 Å². The quantitative estimate of drug-likeness (QED) is 0.316. The summed E-state index contributed by atoms with van der Waals surface area (Å²) in [4.78, 5) is 25.7. The Morgan fingerprint density at radius 3 is 1.95 bits per heavy atom. The maximum absolute atomic E-state index is 11.1. The molecular weight excluding hydrogens is 310 g/mol. The van der Waals surface area contributed by atoms with Gasteiger partial charge in [0, 0.05) is 0 Å². The maximum atomic E-state index is 11.1. The van der Waals surface area contributed by atoms with E-state index in [0.29, 0.717) is 6.42 Å². The summed E-state index contributed by atoms with van der Waals surface area (Å²) >= 11 is 0. The van der Waals surface area contributed by atoms with Crippen molar-refractivity contribution in [1.29, 1.82) is 0 Å². The van der Waals surface area contributed by atoms with Crippen LogP contribution in [0.15, 0.2) is 0 Å². The number of hydrogen-bond acceptors (Lipinski definition) is 5. The molecule has 0 aromatic heterocycles. The summed E-state index contributed by atoms with van der Waals surface area (Å²) in [7, 11) is -9.71. The first kappa shape index (κ1) is 20.2. The van der Waals surface area contributed by atoms with E-state index in [1.165, 1.54) is 0 Å². The molecule has 4 N–H and O–H groups in total. The van der Waals surface area contributed by atoms with Crippen LogP contribution >= 0.6 is 15.6 Å². The van der Waals surface area contributed by atoms with Crippen LogP contribution < -0.4 is 0 Å². The second-order valence-electron chi connectivity index (χ2n) is 4.63. The molecule has 0 aliphatic heterocycles. The van der Waals surface area contributed by atoms with Gasteiger partial charge in [0.25, 0.3) is 0 Å². The highest BCUT2D eigenvalue weighted by Crippen LogP contribution is 2.57. The van der Waals surface area contributed by atoms with Gasteiger partial charge in [-0.3, -0.25) is 4.52 Å². The second kappa shape index (κ2) is 10.0. The molecule has 0 fully saturated rings. The fourth-order valence-electron chi connectivity index (χ4n) is 1.59. The Morgan fingerprint density at radius 2 is 1.45 bits per heavy atom. The van der Waals surface area contributed by atoms with Crippen molar-refractivity contribution in [3.8, 4) is 0 Å². The van der Waals surface area contributed by atoms with Crippen molar-refractivity contribution in [3.05, 3.63) is 0 Å². The van der Waals surface area contributed by atoms with Gasteiger partial charge in [-0.25, -0.2) is 9.13 Å². The normalized spacial score (nSPS) is 16.9. The van der Waals surface area contributed by atoms with E-state index < -0.39 is 15.6 Å². The molecule has 2 unspecified atom stereocenters. The summed E-state index contributed by atoms with van der Waals surface area (Å²) in [6, 6.07) is 0. The maximum Gasteiger partial charge on any atom is 0.481 e. The van der Waals surface area contributed by atoms with Gasteiger partial charge in [0.15, 0.2) is 0 Å². The molecule has 10 heteroatoms. The number of phosphoric acid groups is 2. The third-order valence-corrected chi connectivity index (χ3v) is 4.67. The van der Waals surface area contributed by atoms with Crippen LogP contribution in [0.1, 0.15) is 51.9 Å². The van der Waals surface area contributed by atoms with E-state index in [0.717, 1.165) is 38.5 Å². The van der Waals surface area contributed by atoms with Crippen LogP contribution in [0.5, 0.6) is 0 Å². The highest BCUT2D eigenvalue weighted by Gasteiger charge is 2.31. The lowest BCUT2D eigenvalue weighted by Gasteiger charge is -2.12. The smallest absolute Gasteiger partial charge is 0.393 e. The molecule has 0 bridgehead atoms. The molecule has 0 aromatic carbocycles. The topological polar surface area (TPSA) is 134 Å². The molecule has 0 saturated carbocycles. The van der Waals surface area contributed by atoms with E-state index in [1.54, 1.807) is 6.92 Å². The van der Waals surface area contributed by atoms with E-state index in [9.17, 15) is 9.13 Å². The van der Waals surface area contributed by atoms with E-state index in [4.69, 9.17) is 19.8 Å². The van der Waals surface area contributed by atoms with Crippen molar-refractivity contribution in [2.24, 2.45) is 0 Å². The molecule has 20 heavy (non-hydrogen) atoms. The Labute approximate surface area is 119 Å². The van der Waals surface area contributed by atoms with Crippen LogP contribution in [0.2, 0.25) is 0 Å². The van der Waals surface area contributed by atoms with Crippen LogP contribution in [0, 0.1) is 0 Å². The van der Waals surface area contributed by atoms with Gasteiger partial charge in [0.05, 0.1) is 12.7 Å². The van der Waals surface area contributed by atoms with Crippen molar-refractivity contribution in [2.75, 3.05) is 6.61 Å². The van der Waals surface area contributed by atoms with Crippen LogP contribution in [0.25, 0.3) is 0 Å². The van der Waals surface area contributed by atoms with Crippen LogP contribution in [-0.4, -0.2) is 32.5 Å². The molecule has 0 heterocycles. The monoisotopic (exact) mass is 334 g/mol. The van der Waals surface area contributed by atoms with Crippen molar-refractivity contribution in [2.45, 2.75) is 58.0 Å². The fraction of sp³-hybridized carbons (Fsp3) is 1.00. The third kappa shape index (κ3) is 14.6. The first-order valence-electron chi connectivity index (χ1n) is 6.55. The summed E-state index contributed by atoms with van der Waals surface area (Å²) in [6.07, 6.45) is 5.73. The summed E-state index contributed by atoms with van der Waals surface area (Å²) in [5.74, 6) is 0. The zero-order chi connectivity index (χ0) is 15.6. The predicted octanol–water partition coefficient (Wildman–Crippen LogP) is 2.32. The fourth-order valence-corrected chi connectivity index (χ4v) is 3.21. The standard InChI is InChI=1S/C10H24O8P2/c1-10(11)8-6-4-2-3-5-7-9-17-20(15,16)18-19(12,13)14/h10-11H,2-9H2,1H3,(H,15,16)(H2,12,13,14).